The lowest BCUT2D eigenvalue weighted by molar-refractivity contribution is 0.177. The number of halogens is 2. The van der Waals surface area contributed by atoms with Gasteiger partial charge in [0.2, 0.25) is 0 Å². The van der Waals surface area contributed by atoms with Crippen molar-refractivity contribution < 1.29 is 15.0 Å². The Balaban J connectivity index is 2.70. The lowest BCUT2D eigenvalue weighted by Gasteiger charge is -2.14. The molecule has 0 aliphatic rings. The van der Waals surface area contributed by atoms with E-state index in [1.54, 1.807) is 18.2 Å². The number of nitrogens with one attached hydrogen (secondary N) is 1. The maximum absolute atomic E-state index is 10.4. The predicted molar refractivity (Wildman–Crippen MR) is 62.2 cm³/mol. The quantitative estimate of drug-likeness (QED) is 0.780. The van der Waals surface area contributed by atoms with Crippen molar-refractivity contribution in [3.63, 3.8) is 0 Å². The molecule has 1 rings (SSSR count). The first-order chi connectivity index (χ1) is 7.52. The van der Waals surface area contributed by atoms with Crippen LogP contribution in [-0.2, 0) is 6.42 Å². The Hall–Kier alpha value is -0.970. The molecule has 0 heterocycles. The summed E-state index contributed by atoms with van der Waals surface area (Å²) in [6.45, 7) is -0.271. The Morgan fingerprint density at radius 1 is 1.38 bits per heavy atom. The fraction of sp³-hybridized carbons (Fsp3) is 0.300. The molecular weight excluding hydrogens is 253 g/mol. The first-order valence-corrected chi connectivity index (χ1v) is 5.32. The first-order valence-electron chi connectivity index (χ1n) is 4.57. The van der Waals surface area contributed by atoms with Crippen molar-refractivity contribution in [3.8, 4) is 0 Å². The number of amides is 1. The third kappa shape index (κ3) is 3.89. The summed E-state index contributed by atoms with van der Waals surface area (Å²) >= 11 is 11.6. The Morgan fingerprint density at radius 2 is 2.06 bits per heavy atom. The first kappa shape index (κ1) is 13.1. The van der Waals surface area contributed by atoms with Crippen LogP contribution in [0.5, 0.6) is 0 Å². The van der Waals surface area contributed by atoms with Crippen molar-refractivity contribution in [2.75, 3.05) is 6.61 Å². The fourth-order valence-corrected chi connectivity index (χ4v) is 1.61. The van der Waals surface area contributed by atoms with Crippen LogP contribution in [-0.4, -0.2) is 29.0 Å². The van der Waals surface area contributed by atoms with Crippen LogP contribution in [0.25, 0.3) is 0 Å². The number of aliphatic hydroxyl groups excluding tert-OH is 1. The standard InChI is InChI=1S/C10H11Cl2NO3/c11-8-2-1-6(4-9(8)12)3-7(5-14)13-10(15)16/h1-2,4,7,13-14H,3,5H2,(H,15,16). The number of hydrogen-bond acceptors (Lipinski definition) is 2. The van der Waals surface area contributed by atoms with Crippen LogP contribution in [0.2, 0.25) is 10.0 Å². The summed E-state index contributed by atoms with van der Waals surface area (Å²) in [5.74, 6) is 0. The summed E-state index contributed by atoms with van der Waals surface area (Å²) in [6, 6.07) is 4.47. The lowest BCUT2D eigenvalue weighted by atomic mass is 10.1. The minimum Gasteiger partial charge on any atom is -0.465 e. The van der Waals surface area contributed by atoms with Crippen molar-refractivity contribution >= 4 is 29.3 Å². The van der Waals surface area contributed by atoms with E-state index in [0.29, 0.717) is 16.5 Å². The van der Waals surface area contributed by atoms with Crippen molar-refractivity contribution in [2.24, 2.45) is 0 Å². The molecule has 1 amide bonds. The molecule has 0 saturated heterocycles. The number of aliphatic hydroxyl groups is 1. The number of carboxylic acid groups (broad SMARTS) is 1. The average molecular weight is 264 g/mol. The molecule has 0 fully saturated rings. The molecule has 4 nitrogen and oxygen atoms in total. The molecule has 6 heteroatoms. The van der Waals surface area contributed by atoms with E-state index >= 15 is 0 Å². The molecule has 1 aromatic rings. The number of rotatable bonds is 4. The van der Waals surface area contributed by atoms with E-state index < -0.39 is 12.1 Å². The lowest BCUT2D eigenvalue weighted by Crippen LogP contribution is -2.38. The highest BCUT2D eigenvalue weighted by atomic mass is 35.5. The topological polar surface area (TPSA) is 69.6 Å². The SMILES string of the molecule is O=C(O)NC(CO)Cc1ccc(Cl)c(Cl)c1. The molecule has 0 saturated carbocycles. The monoisotopic (exact) mass is 263 g/mol. The van der Waals surface area contributed by atoms with Crippen LogP contribution in [0.15, 0.2) is 18.2 Å². The minimum atomic E-state index is -1.17. The van der Waals surface area contributed by atoms with Crippen molar-refractivity contribution in [2.45, 2.75) is 12.5 Å². The van der Waals surface area contributed by atoms with Gasteiger partial charge in [-0.1, -0.05) is 29.3 Å². The van der Waals surface area contributed by atoms with E-state index in [0.717, 1.165) is 5.56 Å². The van der Waals surface area contributed by atoms with Gasteiger partial charge in [0.15, 0.2) is 0 Å². The summed E-state index contributed by atoms with van der Waals surface area (Å²) in [6.07, 6.45) is -0.807. The van der Waals surface area contributed by atoms with Gasteiger partial charge < -0.3 is 15.5 Å². The minimum absolute atomic E-state index is 0.271. The zero-order valence-corrected chi connectivity index (χ0v) is 9.79. The van der Waals surface area contributed by atoms with Gasteiger partial charge in [-0.3, -0.25) is 0 Å². The summed E-state index contributed by atoms with van der Waals surface area (Å²) in [7, 11) is 0. The predicted octanol–water partition coefficient (Wildman–Crippen LogP) is 2.16. The maximum atomic E-state index is 10.4. The van der Waals surface area contributed by atoms with Crippen molar-refractivity contribution in [1.82, 2.24) is 5.32 Å². The van der Waals surface area contributed by atoms with Gasteiger partial charge in [-0.15, -0.1) is 0 Å². The van der Waals surface area contributed by atoms with Gasteiger partial charge >= 0.3 is 6.09 Å². The Labute approximate surface area is 103 Å². The Kier molecular flexibility index (Phi) is 4.86. The van der Waals surface area contributed by atoms with Crippen LogP contribution in [0, 0.1) is 0 Å². The van der Waals surface area contributed by atoms with Gasteiger partial charge in [0, 0.05) is 0 Å². The molecule has 16 heavy (non-hydrogen) atoms. The molecule has 0 bridgehead atoms. The van der Waals surface area contributed by atoms with Gasteiger partial charge in [0.05, 0.1) is 22.7 Å². The fourth-order valence-electron chi connectivity index (χ4n) is 1.29. The van der Waals surface area contributed by atoms with Crippen LogP contribution < -0.4 is 5.32 Å². The molecule has 1 atom stereocenters. The molecule has 1 unspecified atom stereocenters. The average Bonchev–Trinajstić information content (AvgIpc) is 2.22. The van der Waals surface area contributed by atoms with Crippen LogP contribution in [0.3, 0.4) is 0 Å². The van der Waals surface area contributed by atoms with Gasteiger partial charge in [-0.05, 0) is 24.1 Å². The normalized spacial score (nSPS) is 12.2. The molecule has 0 aromatic heterocycles. The van der Waals surface area contributed by atoms with E-state index in [1.807, 2.05) is 0 Å². The molecule has 3 N–H and O–H groups in total. The maximum Gasteiger partial charge on any atom is 0.404 e. The highest BCUT2D eigenvalue weighted by Gasteiger charge is 2.11. The molecule has 88 valence electrons. The van der Waals surface area contributed by atoms with E-state index in [1.165, 1.54) is 0 Å². The van der Waals surface area contributed by atoms with Crippen molar-refractivity contribution in [1.29, 1.82) is 0 Å². The number of hydrogen-bond donors (Lipinski definition) is 3. The molecule has 0 spiro atoms. The van der Waals surface area contributed by atoms with E-state index in [2.05, 4.69) is 5.32 Å². The Bertz CT molecular complexity index is 384. The summed E-state index contributed by atoms with van der Waals surface area (Å²) < 4.78 is 0. The van der Waals surface area contributed by atoms with Crippen LogP contribution >= 0.6 is 23.2 Å². The number of benzene rings is 1. The van der Waals surface area contributed by atoms with Gasteiger partial charge in [-0.25, -0.2) is 4.79 Å². The van der Waals surface area contributed by atoms with Crippen molar-refractivity contribution in [3.05, 3.63) is 33.8 Å². The summed E-state index contributed by atoms with van der Waals surface area (Å²) in [5, 5.41) is 20.6. The smallest absolute Gasteiger partial charge is 0.404 e. The molecule has 1 aromatic carbocycles. The second-order valence-corrected chi connectivity index (χ2v) is 4.10. The third-order valence-corrected chi connectivity index (χ3v) is 2.75. The van der Waals surface area contributed by atoms with E-state index in [9.17, 15) is 4.79 Å². The highest BCUT2D eigenvalue weighted by molar-refractivity contribution is 6.42. The second-order valence-electron chi connectivity index (χ2n) is 3.28. The van der Waals surface area contributed by atoms with Gasteiger partial charge in [0.1, 0.15) is 0 Å². The van der Waals surface area contributed by atoms with E-state index in [4.69, 9.17) is 33.4 Å². The number of carbonyl (C=O) groups is 1. The summed E-state index contributed by atoms with van der Waals surface area (Å²) in [5.41, 5.74) is 0.808. The molecule has 0 aliphatic heterocycles. The highest BCUT2D eigenvalue weighted by Crippen LogP contribution is 2.23. The van der Waals surface area contributed by atoms with E-state index in [-0.39, 0.29) is 6.61 Å². The Morgan fingerprint density at radius 3 is 2.56 bits per heavy atom. The largest absolute Gasteiger partial charge is 0.465 e. The zero-order valence-electron chi connectivity index (χ0n) is 8.28. The molecule has 0 aliphatic carbocycles. The van der Waals surface area contributed by atoms with Crippen LogP contribution in [0.1, 0.15) is 5.56 Å². The molecule has 0 radical (unpaired) electrons. The summed E-state index contributed by atoms with van der Waals surface area (Å²) in [4.78, 5) is 10.4. The molecular formula is C10H11Cl2NO3. The zero-order chi connectivity index (χ0) is 12.1. The third-order valence-electron chi connectivity index (χ3n) is 2.01. The van der Waals surface area contributed by atoms with Gasteiger partial charge in [-0.2, -0.15) is 0 Å². The van der Waals surface area contributed by atoms with Gasteiger partial charge in [0.25, 0.3) is 0 Å². The second kappa shape index (κ2) is 5.94. The van der Waals surface area contributed by atoms with Crippen LogP contribution in [0.4, 0.5) is 4.79 Å².